The average molecular weight is 264 g/mol. The topological polar surface area (TPSA) is 17.1 Å². The summed E-state index contributed by atoms with van der Waals surface area (Å²) in [7, 11) is 0. The fourth-order valence-electron chi connectivity index (χ4n) is 2.85. The Kier molecular flexibility index (Phi) is 8.86. The Bertz CT molecular complexity index is 277. The van der Waals surface area contributed by atoms with Crippen molar-refractivity contribution in [2.75, 3.05) is 0 Å². The summed E-state index contributed by atoms with van der Waals surface area (Å²) in [5.41, 5.74) is 1.43. The molecule has 0 saturated heterocycles. The Hall–Kier alpha value is -0.590. The molecule has 1 aliphatic rings. The highest BCUT2D eigenvalue weighted by Crippen LogP contribution is 2.22. The van der Waals surface area contributed by atoms with Crippen molar-refractivity contribution in [1.82, 2.24) is 0 Å². The first kappa shape index (κ1) is 16.5. The van der Waals surface area contributed by atoms with Crippen LogP contribution in [0.1, 0.15) is 90.9 Å². The maximum Gasteiger partial charge on any atom is 0.136 e. The minimum absolute atomic E-state index is 0.306. The van der Waals surface area contributed by atoms with Gasteiger partial charge < -0.3 is 0 Å². The lowest BCUT2D eigenvalue weighted by atomic mass is 9.89. The van der Waals surface area contributed by atoms with E-state index in [1.54, 1.807) is 0 Å². The molecule has 1 unspecified atom stereocenters. The lowest BCUT2D eigenvalue weighted by Gasteiger charge is -2.15. The van der Waals surface area contributed by atoms with E-state index in [4.69, 9.17) is 0 Å². The predicted molar refractivity (Wildman–Crippen MR) is 83.3 cm³/mol. The number of rotatable bonds is 3. The number of allylic oxidation sites excluding steroid dienone is 2. The molecular weight excluding hydrogens is 232 g/mol. The summed E-state index contributed by atoms with van der Waals surface area (Å²) in [5, 5.41) is 0. The molecule has 0 aromatic rings. The van der Waals surface area contributed by atoms with Gasteiger partial charge >= 0.3 is 0 Å². The molecule has 0 heterocycles. The van der Waals surface area contributed by atoms with Crippen LogP contribution in [0.2, 0.25) is 0 Å². The molecule has 19 heavy (non-hydrogen) atoms. The van der Waals surface area contributed by atoms with Crippen LogP contribution in [0.5, 0.6) is 0 Å². The molecule has 0 spiro atoms. The van der Waals surface area contributed by atoms with E-state index in [0.717, 1.165) is 32.1 Å². The fourth-order valence-corrected chi connectivity index (χ4v) is 2.85. The van der Waals surface area contributed by atoms with E-state index in [0.29, 0.717) is 11.7 Å². The summed E-state index contributed by atoms with van der Waals surface area (Å²) in [5.74, 6) is 0.835. The van der Waals surface area contributed by atoms with Crippen molar-refractivity contribution in [3.05, 3.63) is 11.6 Å². The summed E-state index contributed by atoms with van der Waals surface area (Å²) < 4.78 is 0. The summed E-state index contributed by atoms with van der Waals surface area (Å²) in [6.45, 7) is 4.37. The van der Waals surface area contributed by atoms with E-state index in [1.807, 2.05) is 0 Å². The fraction of sp³-hybridized carbons (Fsp3) is 0.833. The van der Waals surface area contributed by atoms with Crippen LogP contribution < -0.4 is 0 Å². The molecule has 1 rings (SSSR count). The lowest BCUT2D eigenvalue weighted by molar-refractivity contribution is -0.123. The van der Waals surface area contributed by atoms with Gasteiger partial charge in [0.15, 0.2) is 0 Å². The highest BCUT2D eigenvalue weighted by Gasteiger charge is 2.16. The molecule has 0 aromatic carbocycles. The molecule has 0 radical (unpaired) electrons. The van der Waals surface area contributed by atoms with E-state index >= 15 is 0 Å². The van der Waals surface area contributed by atoms with E-state index in [9.17, 15) is 4.79 Å². The van der Waals surface area contributed by atoms with Crippen LogP contribution in [0.4, 0.5) is 0 Å². The highest BCUT2D eigenvalue weighted by atomic mass is 16.1. The van der Waals surface area contributed by atoms with Gasteiger partial charge in [-0.15, -0.1) is 0 Å². The van der Waals surface area contributed by atoms with Gasteiger partial charge in [0.25, 0.3) is 0 Å². The van der Waals surface area contributed by atoms with Crippen LogP contribution in [-0.4, -0.2) is 5.78 Å². The van der Waals surface area contributed by atoms with Gasteiger partial charge in [-0.3, -0.25) is 4.79 Å². The van der Waals surface area contributed by atoms with Crippen molar-refractivity contribution in [3.63, 3.8) is 0 Å². The molecule has 1 nitrogen and oxygen atoms in total. The first-order chi connectivity index (χ1) is 9.24. The summed E-state index contributed by atoms with van der Waals surface area (Å²) in [6, 6.07) is 0. The lowest BCUT2D eigenvalue weighted by Crippen LogP contribution is -2.14. The smallest absolute Gasteiger partial charge is 0.136 e. The van der Waals surface area contributed by atoms with Gasteiger partial charge in [0.05, 0.1) is 0 Å². The first-order valence-electron chi connectivity index (χ1n) is 8.42. The van der Waals surface area contributed by atoms with E-state index < -0.39 is 0 Å². The van der Waals surface area contributed by atoms with E-state index in [1.165, 1.54) is 50.5 Å². The molecule has 110 valence electrons. The molecule has 0 aliphatic heterocycles. The van der Waals surface area contributed by atoms with Gasteiger partial charge in [-0.1, -0.05) is 63.5 Å². The van der Waals surface area contributed by atoms with Gasteiger partial charge in [-0.05, 0) is 32.6 Å². The zero-order chi connectivity index (χ0) is 13.9. The van der Waals surface area contributed by atoms with Crippen LogP contribution in [-0.2, 0) is 4.79 Å². The number of Topliss-reactive ketones (excluding diaryl/α,β-unsaturated/α-hetero) is 1. The van der Waals surface area contributed by atoms with Crippen LogP contribution in [0.3, 0.4) is 0 Å². The molecular formula is C18H32O. The highest BCUT2D eigenvalue weighted by molar-refractivity contribution is 5.81. The quantitative estimate of drug-likeness (QED) is 0.586. The largest absolute Gasteiger partial charge is 0.299 e. The van der Waals surface area contributed by atoms with Crippen molar-refractivity contribution in [2.45, 2.75) is 90.9 Å². The molecule has 0 bridgehead atoms. The van der Waals surface area contributed by atoms with Gasteiger partial charge in [0.1, 0.15) is 5.78 Å². The molecule has 0 aromatic heterocycles. The number of hydrogen-bond donors (Lipinski definition) is 0. The minimum atomic E-state index is 0.306. The standard InChI is InChI=1S/C18H32O/c1-3-16(2)14-15-17-12-10-8-6-4-5-7-9-11-13-18(17)19/h14,17H,3-13,15H2,1-2H3. The number of ketones is 1. The van der Waals surface area contributed by atoms with Crippen LogP contribution in [0.15, 0.2) is 11.6 Å². The zero-order valence-electron chi connectivity index (χ0n) is 13.0. The van der Waals surface area contributed by atoms with Crippen molar-refractivity contribution in [2.24, 2.45) is 5.92 Å². The van der Waals surface area contributed by atoms with Crippen molar-refractivity contribution >= 4 is 5.78 Å². The molecule has 0 amide bonds. The Morgan fingerprint density at radius 2 is 1.63 bits per heavy atom. The van der Waals surface area contributed by atoms with Crippen molar-refractivity contribution < 1.29 is 4.79 Å². The van der Waals surface area contributed by atoms with Gasteiger partial charge in [-0.2, -0.15) is 0 Å². The monoisotopic (exact) mass is 264 g/mol. The first-order valence-corrected chi connectivity index (χ1v) is 8.42. The third-order valence-electron chi connectivity index (χ3n) is 4.49. The number of carbonyl (C=O) groups is 1. The maximum absolute atomic E-state index is 12.3. The molecule has 1 atom stereocenters. The zero-order valence-corrected chi connectivity index (χ0v) is 13.0. The van der Waals surface area contributed by atoms with Crippen molar-refractivity contribution in [1.29, 1.82) is 0 Å². The van der Waals surface area contributed by atoms with Crippen LogP contribution >= 0.6 is 0 Å². The SMILES string of the molecule is CCC(C)=CCC1CCCCCCCCCCC1=O. The Balaban J connectivity index is 2.48. The van der Waals surface area contributed by atoms with Gasteiger partial charge in [0, 0.05) is 12.3 Å². The average Bonchev–Trinajstić information content (AvgIpc) is 2.41. The molecule has 1 aliphatic carbocycles. The summed E-state index contributed by atoms with van der Waals surface area (Å²) in [6.07, 6.45) is 16.7. The number of carbonyl (C=O) groups excluding carboxylic acids is 1. The third-order valence-corrected chi connectivity index (χ3v) is 4.49. The Morgan fingerprint density at radius 1 is 1.05 bits per heavy atom. The summed E-state index contributed by atoms with van der Waals surface area (Å²) >= 11 is 0. The predicted octanol–water partition coefficient (Wildman–Crippen LogP) is 5.83. The van der Waals surface area contributed by atoms with E-state index in [2.05, 4.69) is 19.9 Å². The maximum atomic E-state index is 12.3. The second-order valence-corrected chi connectivity index (χ2v) is 6.17. The van der Waals surface area contributed by atoms with Gasteiger partial charge in [-0.25, -0.2) is 0 Å². The second-order valence-electron chi connectivity index (χ2n) is 6.17. The van der Waals surface area contributed by atoms with Crippen LogP contribution in [0, 0.1) is 5.92 Å². The number of hydrogen-bond acceptors (Lipinski definition) is 1. The molecule has 1 saturated carbocycles. The van der Waals surface area contributed by atoms with Crippen molar-refractivity contribution in [3.8, 4) is 0 Å². The molecule has 1 fully saturated rings. The summed E-state index contributed by atoms with van der Waals surface area (Å²) in [4.78, 5) is 12.3. The molecule has 0 N–H and O–H groups in total. The normalized spacial score (nSPS) is 24.6. The minimum Gasteiger partial charge on any atom is -0.299 e. The van der Waals surface area contributed by atoms with Gasteiger partial charge in [0.2, 0.25) is 0 Å². The Morgan fingerprint density at radius 3 is 2.26 bits per heavy atom. The molecule has 1 heteroatoms. The van der Waals surface area contributed by atoms with Crippen LogP contribution in [0.25, 0.3) is 0 Å². The Labute approximate surface area is 119 Å². The van der Waals surface area contributed by atoms with E-state index in [-0.39, 0.29) is 0 Å². The third kappa shape index (κ3) is 7.54. The second kappa shape index (κ2) is 10.2.